The quantitative estimate of drug-likeness (QED) is 0.523. The van der Waals surface area contributed by atoms with E-state index in [0.717, 1.165) is 17.8 Å². The summed E-state index contributed by atoms with van der Waals surface area (Å²) in [6.07, 6.45) is 6.75. The zero-order valence-corrected chi connectivity index (χ0v) is 7.43. The van der Waals surface area contributed by atoms with E-state index >= 15 is 0 Å². The summed E-state index contributed by atoms with van der Waals surface area (Å²) in [6, 6.07) is 0. The van der Waals surface area contributed by atoms with E-state index in [4.69, 9.17) is 0 Å². The first-order chi connectivity index (χ1) is 4.70. The normalized spacial score (nSPS) is 34.8. The van der Waals surface area contributed by atoms with Crippen molar-refractivity contribution < 1.29 is 0 Å². The van der Waals surface area contributed by atoms with Crippen LogP contribution < -0.4 is 0 Å². The molecule has 0 bridgehead atoms. The average molecular weight is 139 g/mol. The molecule has 1 rings (SSSR count). The van der Waals surface area contributed by atoms with Gasteiger partial charge in [0.2, 0.25) is 0 Å². The average Bonchev–Trinajstić information content (AvgIpc) is 1.88. The van der Waals surface area contributed by atoms with Crippen LogP contribution in [-0.4, -0.2) is 0 Å². The largest absolute Gasteiger partial charge is 0.0625 e. The molecule has 0 aromatic rings. The van der Waals surface area contributed by atoms with Crippen LogP contribution in [0.3, 0.4) is 0 Å². The second-order valence-corrected chi connectivity index (χ2v) is 4.06. The first kappa shape index (κ1) is 8.10. The molecule has 1 radical (unpaired) electrons. The molecule has 1 saturated carbocycles. The summed E-state index contributed by atoms with van der Waals surface area (Å²) in [5.74, 6) is 2.73. The van der Waals surface area contributed by atoms with Crippen LogP contribution in [0.15, 0.2) is 0 Å². The van der Waals surface area contributed by atoms with E-state index in [2.05, 4.69) is 27.2 Å². The molecule has 1 aliphatic rings. The Hall–Kier alpha value is 0. The topological polar surface area (TPSA) is 0 Å². The van der Waals surface area contributed by atoms with Gasteiger partial charge in [0.05, 0.1) is 0 Å². The van der Waals surface area contributed by atoms with Crippen LogP contribution in [0.2, 0.25) is 0 Å². The fourth-order valence-electron chi connectivity index (χ4n) is 1.73. The minimum absolute atomic E-state index is 0.868. The Balaban J connectivity index is 2.26. The van der Waals surface area contributed by atoms with Crippen molar-refractivity contribution in [2.45, 2.75) is 40.0 Å². The zero-order valence-electron chi connectivity index (χ0n) is 7.43. The zero-order chi connectivity index (χ0) is 7.56. The van der Waals surface area contributed by atoms with Crippen molar-refractivity contribution in [3.8, 4) is 0 Å². The predicted octanol–water partition coefficient (Wildman–Crippen LogP) is 3.28. The Kier molecular flexibility index (Phi) is 2.76. The van der Waals surface area contributed by atoms with Crippen LogP contribution in [0, 0.1) is 24.2 Å². The number of hydrogen-bond donors (Lipinski definition) is 0. The van der Waals surface area contributed by atoms with Crippen molar-refractivity contribution in [2.24, 2.45) is 17.8 Å². The second-order valence-electron chi connectivity index (χ2n) is 4.06. The van der Waals surface area contributed by atoms with Gasteiger partial charge in [-0.25, -0.2) is 0 Å². The molecule has 1 unspecified atom stereocenters. The van der Waals surface area contributed by atoms with Gasteiger partial charge in [0, 0.05) is 0 Å². The van der Waals surface area contributed by atoms with Gasteiger partial charge >= 0.3 is 0 Å². The van der Waals surface area contributed by atoms with Crippen LogP contribution in [0.4, 0.5) is 0 Å². The van der Waals surface area contributed by atoms with E-state index in [1.165, 1.54) is 19.3 Å². The van der Waals surface area contributed by atoms with E-state index in [1.807, 2.05) is 0 Å². The predicted molar refractivity (Wildman–Crippen MR) is 45.6 cm³/mol. The summed E-state index contributed by atoms with van der Waals surface area (Å²) in [5.41, 5.74) is 0. The van der Waals surface area contributed by atoms with Crippen molar-refractivity contribution in [3.63, 3.8) is 0 Å². The summed E-state index contributed by atoms with van der Waals surface area (Å²) in [4.78, 5) is 0. The van der Waals surface area contributed by atoms with Gasteiger partial charge < -0.3 is 0 Å². The molecule has 0 amide bonds. The van der Waals surface area contributed by atoms with Gasteiger partial charge in [0.1, 0.15) is 0 Å². The lowest BCUT2D eigenvalue weighted by molar-refractivity contribution is 0.302. The molecular formula is C10H19. The molecular weight excluding hydrogens is 120 g/mol. The number of rotatable bonds is 1. The van der Waals surface area contributed by atoms with Gasteiger partial charge in [-0.05, 0) is 37.0 Å². The molecule has 0 aliphatic heterocycles. The van der Waals surface area contributed by atoms with Gasteiger partial charge in [-0.1, -0.05) is 27.2 Å². The lowest BCUT2D eigenvalue weighted by Crippen LogP contribution is -2.17. The number of hydrogen-bond acceptors (Lipinski definition) is 0. The maximum atomic E-state index is 2.53. The van der Waals surface area contributed by atoms with Crippen LogP contribution in [0.5, 0.6) is 0 Å². The summed E-state index contributed by atoms with van der Waals surface area (Å²) in [5, 5.41) is 0. The standard InChI is InChI=1S/C10H19/c1-8(2)10-6-4-9(3)5-7-10/h6,8-10H,4-5,7H2,1-3H3/t9?,10-/m0/s1. The molecule has 0 nitrogen and oxygen atoms in total. The molecule has 0 heterocycles. The van der Waals surface area contributed by atoms with Gasteiger partial charge in [-0.2, -0.15) is 0 Å². The van der Waals surface area contributed by atoms with E-state index in [1.54, 1.807) is 0 Å². The van der Waals surface area contributed by atoms with E-state index in [9.17, 15) is 0 Å². The minimum Gasteiger partial charge on any atom is -0.0625 e. The van der Waals surface area contributed by atoms with E-state index in [0.29, 0.717) is 0 Å². The molecule has 0 N–H and O–H groups in total. The third-order valence-corrected chi connectivity index (χ3v) is 2.69. The lowest BCUT2D eigenvalue weighted by Gasteiger charge is -2.28. The van der Waals surface area contributed by atoms with Crippen molar-refractivity contribution in [1.82, 2.24) is 0 Å². The maximum Gasteiger partial charge on any atom is -0.0350 e. The Morgan fingerprint density at radius 2 is 2.00 bits per heavy atom. The Morgan fingerprint density at radius 1 is 1.30 bits per heavy atom. The smallest absolute Gasteiger partial charge is 0.0350 e. The molecule has 2 atom stereocenters. The molecule has 0 spiro atoms. The fourth-order valence-corrected chi connectivity index (χ4v) is 1.73. The van der Waals surface area contributed by atoms with Crippen LogP contribution in [0.25, 0.3) is 0 Å². The molecule has 1 fully saturated rings. The molecule has 0 heteroatoms. The highest BCUT2D eigenvalue weighted by molar-refractivity contribution is 4.85. The van der Waals surface area contributed by atoms with Crippen molar-refractivity contribution >= 4 is 0 Å². The first-order valence-corrected chi connectivity index (χ1v) is 4.53. The van der Waals surface area contributed by atoms with Crippen molar-refractivity contribution in [3.05, 3.63) is 6.42 Å². The molecule has 0 aromatic carbocycles. The summed E-state index contributed by atoms with van der Waals surface area (Å²) in [7, 11) is 0. The summed E-state index contributed by atoms with van der Waals surface area (Å²) < 4.78 is 0. The lowest BCUT2D eigenvalue weighted by atomic mass is 9.78. The summed E-state index contributed by atoms with van der Waals surface area (Å²) >= 11 is 0. The summed E-state index contributed by atoms with van der Waals surface area (Å²) in [6.45, 7) is 7.02. The van der Waals surface area contributed by atoms with E-state index in [-0.39, 0.29) is 0 Å². The Morgan fingerprint density at radius 3 is 2.40 bits per heavy atom. The SMILES string of the molecule is CC1C[CH][C@H](C(C)C)CC1. The third-order valence-electron chi connectivity index (χ3n) is 2.69. The highest BCUT2D eigenvalue weighted by Crippen LogP contribution is 2.31. The molecule has 0 saturated heterocycles. The maximum absolute atomic E-state index is 2.53. The van der Waals surface area contributed by atoms with Crippen molar-refractivity contribution in [2.75, 3.05) is 0 Å². The fraction of sp³-hybridized carbons (Fsp3) is 0.900. The monoisotopic (exact) mass is 139 g/mol. The molecule has 0 aromatic heterocycles. The highest BCUT2D eigenvalue weighted by Gasteiger charge is 2.20. The van der Waals surface area contributed by atoms with Crippen LogP contribution in [-0.2, 0) is 0 Å². The van der Waals surface area contributed by atoms with Crippen LogP contribution >= 0.6 is 0 Å². The van der Waals surface area contributed by atoms with Gasteiger partial charge in [0.15, 0.2) is 0 Å². The first-order valence-electron chi connectivity index (χ1n) is 4.53. The minimum atomic E-state index is 0.868. The van der Waals surface area contributed by atoms with Crippen LogP contribution in [0.1, 0.15) is 40.0 Å². The highest BCUT2D eigenvalue weighted by atomic mass is 14.3. The Bertz CT molecular complexity index is 86.2. The Labute approximate surface area is 65.0 Å². The van der Waals surface area contributed by atoms with E-state index < -0.39 is 0 Å². The third kappa shape index (κ3) is 2.00. The molecule has 10 heavy (non-hydrogen) atoms. The second kappa shape index (κ2) is 3.41. The van der Waals surface area contributed by atoms with Crippen molar-refractivity contribution in [1.29, 1.82) is 0 Å². The molecule has 1 aliphatic carbocycles. The molecule has 59 valence electrons. The van der Waals surface area contributed by atoms with Gasteiger partial charge in [0.25, 0.3) is 0 Å². The van der Waals surface area contributed by atoms with Gasteiger partial charge in [-0.15, -0.1) is 0 Å². The van der Waals surface area contributed by atoms with Gasteiger partial charge in [-0.3, -0.25) is 0 Å².